The lowest BCUT2D eigenvalue weighted by Gasteiger charge is -2.25. The summed E-state index contributed by atoms with van der Waals surface area (Å²) in [7, 11) is 1.94. The van der Waals surface area contributed by atoms with E-state index in [4.69, 9.17) is 0 Å². The van der Waals surface area contributed by atoms with E-state index in [1.54, 1.807) is 12.1 Å². The van der Waals surface area contributed by atoms with Crippen LogP contribution in [0.25, 0.3) is 0 Å². The maximum atomic E-state index is 13.3. The maximum Gasteiger partial charge on any atom is 0.123 e. The van der Waals surface area contributed by atoms with Crippen molar-refractivity contribution in [2.24, 2.45) is 0 Å². The molecule has 0 aliphatic rings. The first kappa shape index (κ1) is 12.2. The summed E-state index contributed by atoms with van der Waals surface area (Å²) in [5.41, 5.74) is 2.09. The minimum absolute atomic E-state index is 0.0237. The molecule has 0 bridgehead atoms. The molecule has 2 heteroatoms. The van der Waals surface area contributed by atoms with E-state index < -0.39 is 0 Å². The second kappa shape index (κ2) is 4.75. The zero-order chi connectivity index (χ0) is 11.5. The molecule has 0 aliphatic carbocycles. The van der Waals surface area contributed by atoms with E-state index in [9.17, 15) is 4.39 Å². The molecule has 0 saturated heterocycles. The molecule has 0 heterocycles. The molecule has 1 aromatic rings. The summed E-state index contributed by atoms with van der Waals surface area (Å²) < 4.78 is 13.3. The van der Waals surface area contributed by atoms with Crippen LogP contribution in [-0.4, -0.2) is 13.6 Å². The highest BCUT2D eigenvalue weighted by molar-refractivity contribution is 5.29. The number of hydrogen-bond acceptors (Lipinski definition) is 1. The number of benzene rings is 1. The number of halogens is 1. The maximum absolute atomic E-state index is 13.3. The second-order valence-electron chi connectivity index (χ2n) is 4.75. The van der Waals surface area contributed by atoms with Crippen LogP contribution >= 0.6 is 0 Å². The molecule has 1 rings (SSSR count). The van der Waals surface area contributed by atoms with Gasteiger partial charge in [-0.2, -0.15) is 0 Å². The van der Waals surface area contributed by atoms with Crippen molar-refractivity contribution in [1.82, 2.24) is 5.32 Å². The molecule has 0 spiro atoms. The van der Waals surface area contributed by atoms with E-state index in [0.717, 1.165) is 24.1 Å². The van der Waals surface area contributed by atoms with Crippen LogP contribution in [0.15, 0.2) is 18.2 Å². The fraction of sp³-hybridized carbons (Fsp3) is 0.538. The number of aryl methyl sites for hydroxylation is 1. The van der Waals surface area contributed by atoms with Gasteiger partial charge in [-0.3, -0.25) is 0 Å². The molecule has 15 heavy (non-hydrogen) atoms. The van der Waals surface area contributed by atoms with Gasteiger partial charge < -0.3 is 5.32 Å². The zero-order valence-corrected chi connectivity index (χ0v) is 10.0. The number of rotatable bonds is 4. The van der Waals surface area contributed by atoms with Crippen molar-refractivity contribution in [3.8, 4) is 0 Å². The van der Waals surface area contributed by atoms with E-state index in [1.165, 1.54) is 0 Å². The largest absolute Gasteiger partial charge is 0.320 e. The van der Waals surface area contributed by atoms with Gasteiger partial charge in [0.15, 0.2) is 0 Å². The summed E-state index contributed by atoms with van der Waals surface area (Å²) in [4.78, 5) is 0. The van der Waals surface area contributed by atoms with Crippen molar-refractivity contribution in [3.05, 3.63) is 35.1 Å². The first-order chi connectivity index (χ1) is 6.95. The SMILES string of the molecule is CNCCC(C)(C)c1cc(C)cc(F)c1. The Labute approximate surface area is 91.7 Å². The highest BCUT2D eigenvalue weighted by atomic mass is 19.1. The van der Waals surface area contributed by atoms with E-state index >= 15 is 0 Å². The molecule has 1 aromatic carbocycles. The van der Waals surface area contributed by atoms with Crippen molar-refractivity contribution in [3.63, 3.8) is 0 Å². The summed E-state index contributed by atoms with van der Waals surface area (Å²) >= 11 is 0. The molecule has 1 nitrogen and oxygen atoms in total. The third-order valence-electron chi connectivity index (χ3n) is 2.82. The van der Waals surface area contributed by atoms with Crippen LogP contribution in [0.1, 0.15) is 31.4 Å². The Kier molecular flexibility index (Phi) is 3.86. The lowest BCUT2D eigenvalue weighted by atomic mass is 9.81. The van der Waals surface area contributed by atoms with Gasteiger partial charge in [-0.05, 0) is 55.6 Å². The molecular weight excluding hydrogens is 189 g/mol. The summed E-state index contributed by atoms with van der Waals surface area (Å²) in [5.74, 6) is -0.137. The molecule has 0 saturated carbocycles. The Morgan fingerprint density at radius 2 is 1.93 bits per heavy atom. The van der Waals surface area contributed by atoms with Crippen molar-refractivity contribution < 1.29 is 4.39 Å². The first-order valence-electron chi connectivity index (χ1n) is 5.38. The molecule has 84 valence electrons. The number of nitrogens with one attached hydrogen (secondary N) is 1. The van der Waals surface area contributed by atoms with E-state index in [1.807, 2.05) is 14.0 Å². The third-order valence-corrected chi connectivity index (χ3v) is 2.82. The topological polar surface area (TPSA) is 12.0 Å². The van der Waals surface area contributed by atoms with Gasteiger partial charge in [-0.25, -0.2) is 4.39 Å². The molecule has 0 unspecified atom stereocenters. The van der Waals surface area contributed by atoms with Gasteiger partial charge in [-0.1, -0.05) is 19.9 Å². The van der Waals surface area contributed by atoms with E-state index in [2.05, 4.69) is 25.2 Å². The highest BCUT2D eigenvalue weighted by Crippen LogP contribution is 2.27. The van der Waals surface area contributed by atoms with Crippen molar-refractivity contribution in [2.75, 3.05) is 13.6 Å². The van der Waals surface area contributed by atoms with Crippen LogP contribution in [0.2, 0.25) is 0 Å². The molecule has 0 amide bonds. The van der Waals surface area contributed by atoms with Gasteiger partial charge >= 0.3 is 0 Å². The summed E-state index contributed by atoms with van der Waals surface area (Å²) in [6, 6.07) is 5.28. The molecule has 0 radical (unpaired) electrons. The van der Waals surface area contributed by atoms with Crippen LogP contribution in [0.4, 0.5) is 4.39 Å². The van der Waals surface area contributed by atoms with Gasteiger partial charge in [0.2, 0.25) is 0 Å². The molecule has 0 aliphatic heterocycles. The van der Waals surface area contributed by atoms with Crippen molar-refractivity contribution in [1.29, 1.82) is 0 Å². The Morgan fingerprint density at radius 1 is 1.27 bits per heavy atom. The van der Waals surface area contributed by atoms with Gasteiger partial charge in [0.05, 0.1) is 0 Å². The summed E-state index contributed by atoms with van der Waals surface area (Å²) in [5, 5.41) is 3.13. The Bertz CT molecular complexity index is 311. The zero-order valence-electron chi connectivity index (χ0n) is 10.0. The minimum atomic E-state index is -0.137. The fourth-order valence-corrected chi connectivity index (χ4v) is 1.71. The van der Waals surface area contributed by atoms with Crippen molar-refractivity contribution in [2.45, 2.75) is 32.6 Å². The van der Waals surface area contributed by atoms with Crippen LogP contribution in [0.3, 0.4) is 0 Å². The summed E-state index contributed by atoms with van der Waals surface area (Å²) in [6.45, 7) is 7.18. The Hall–Kier alpha value is -0.890. The van der Waals surface area contributed by atoms with E-state index in [0.29, 0.717) is 0 Å². The highest BCUT2D eigenvalue weighted by Gasteiger charge is 2.20. The standard InChI is InChI=1S/C13H20FN/c1-10-7-11(9-12(14)8-10)13(2,3)5-6-15-4/h7-9,15H,5-6H2,1-4H3. The predicted molar refractivity (Wildman–Crippen MR) is 62.7 cm³/mol. The predicted octanol–water partition coefficient (Wildman–Crippen LogP) is 3.02. The molecule has 0 aromatic heterocycles. The average molecular weight is 209 g/mol. The van der Waals surface area contributed by atoms with Crippen LogP contribution < -0.4 is 5.32 Å². The Balaban J connectivity index is 2.93. The smallest absolute Gasteiger partial charge is 0.123 e. The second-order valence-corrected chi connectivity index (χ2v) is 4.75. The molecule has 0 atom stereocenters. The van der Waals surface area contributed by atoms with Gasteiger partial charge in [0, 0.05) is 0 Å². The first-order valence-corrected chi connectivity index (χ1v) is 5.38. The molecular formula is C13H20FN. The quantitative estimate of drug-likeness (QED) is 0.803. The van der Waals surface area contributed by atoms with Crippen molar-refractivity contribution >= 4 is 0 Å². The Morgan fingerprint density at radius 3 is 2.47 bits per heavy atom. The normalized spacial score (nSPS) is 11.8. The minimum Gasteiger partial charge on any atom is -0.320 e. The molecule has 1 N–H and O–H groups in total. The average Bonchev–Trinajstić information content (AvgIpc) is 2.13. The van der Waals surface area contributed by atoms with E-state index in [-0.39, 0.29) is 11.2 Å². The lowest BCUT2D eigenvalue weighted by molar-refractivity contribution is 0.465. The number of hydrogen-bond donors (Lipinski definition) is 1. The summed E-state index contributed by atoms with van der Waals surface area (Å²) in [6.07, 6.45) is 1.01. The monoisotopic (exact) mass is 209 g/mol. The van der Waals surface area contributed by atoms with Gasteiger partial charge in [0.25, 0.3) is 0 Å². The van der Waals surface area contributed by atoms with Crippen LogP contribution in [-0.2, 0) is 5.41 Å². The van der Waals surface area contributed by atoms with Gasteiger partial charge in [-0.15, -0.1) is 0 Å². The van der Waals surface area contributed by atoms with Crippen LogP contribution in [0, 0.1) is 12.7 Å². The fourth-order valence-electron chi connectivity index (χ4n) is 1.71. The van der Waals surface area contributed by atoms with Crippen LogP contribution in [0.5, 0.6) is 0 Å². The van der Waals surface area contributed by atoms with Gasteiger partial charge in [0.1, 0.15) is 5.82 Å². The third kappa shape index (κ3) is 3.31. The lowest BCUT2D eigenvalue weighted by Crippen LogP contribution is -2.23. The molecule has 0 fully saturated rings.